The molecule has 2 heterocycles. The summed E-state index contributed by atoms with van der Waals surface area (Å²) >= 11 is 1.57. The first kappa shape index (κ1) is 18.0. The van der Waals surface area contributed by atoms with Gasteiger partial charge in [-0.2, -0.15) is 0 Å². The first-order chi connectivity index (χ1) is 12.7. The highest BCUT2D eigenvalue weighted by Crippen LogP contribution is 2.19. The van der Waals surface area contributed by atoms with E-state index in [2.05, 4.69) is 15.3 Å². The summed E-state index contributed by atoms with van der Waals surface area (Å²) in [5, 5.41) is 3.81. The lowest BCUT2D eigenvalue weighted by atomic mass is 10.2. The summed E-state index contributed by atoms with van der Waals surface area (Å²) in [6, 6.07) is 11.2. The zero-order valence-electron chi connectivity index (χ0n) is 14.7. The molecule has 0 radical (unpaired) electrons. The Balaban J connectivity index is 1.67. The topological polar surface area (TPSA) is 69.0 Å². The minimum atomic E-state index is -0.140. The highest BCUT2D eigenvalue weighted by molar-refractivity contribution is 7.98. The van der Waals surface area contributed by atoms with Crippen molar-refractivity contribution in [2.45, 2.75) is 18.6 Å². The molecule has 26 heavy (non-hydrogen) atoms. The minimum absolute atomic E-state index is 0.140. The number of thioether (sulfide) groups is 1. The average molecular weight is 368 g/mol. The summed E-state index contributed by atoms with van der Waals surface area (Å²) in [4.78, 5) is 20.9. The maximum atomic E-state index is 12.4. The number of hydrogen-bond donors (Lipinski definition) is 1. The van der Waals surface area contributed by atoms with Gasteiger partial charge in [-0.3, -0.25) is 9.36 Å². The number of rotatable bonds is 7. The van der Waals surface area contributed by atoms with Gasteiger partial charge in [-0.15, -0.1) is 0 Å². The van der Waals surface area contributed by atoms with Gasteiger partial charge in [0.25, 0.3) is 5.91 Å². The van der Waals surface area contributed by atoms with Gasteiger partial charge in [0.1, 0.15) is 0 Å². The zero-order valence-corrected chi connectivity index (χ0v) is 15.5. The van der Waals surface area contributed by atoms with Crippen molar-refractivity contribution in [3.8, 4) is 11.6 Å². The third kappa shape index (κ3) is 4.05. The summed E-state index contributed by atoms with van der Waals surface area (Å²) in [7, 11) is 0. The molecule has 0 aliphatic heterocycles. The summed E-state index contributed by atoms with van der Waals surface area (Å²) in [5.74, 6) is 0.411. The van der Waals surface area contributed by atoms with Crippen LogP contribution in [0.1, 0.15) is 22.8 Å². The second kappa shape index (κ2) is 8.53. The van der Waals surface area contributed by atoms with Crippen molar-refractivity contribution >= 4 is 17.7 Å². The third-order valence-corrected chi connectivity index (χ3v) is 4.43. The summed E-state index contributed by atoms with van der Waals surface area (Å²) in [6.45, 7) is 2.80. The van der Waals surface area contributed by atoms with E-state index in [0.717, 1.165) is 16.4 Å². The molecule has 3 rings (SSSR count). The van der Waals surface area contributed by atoms with Crippen LogP contribution in [0.25, 0.3) is 5.69 Å². The lowest BCUT2D eigenvalue weighted by Crippen LogP contribution is -2.23. The van der Waals surface area contributed by atoms with Crippen LogP contribution in [0.15, 0.2) is 60.1 Å². The van der Waals surface area contributed by atoms with E-state index in [4.69, 9.17) is 4.74 Å². The van der Waals surface area contributed by atoms with Crippen LogP contribution in [0.2, 0.25) is 0 Å². The van der Waals surface area contributed by atoms with Crippen LogP contribution in [0.5, 0.6) is 5.88 Å². The fourth-order valence-corrected chi connectivity index (χ4v) is 3.04. The lowest BCUT2D eigenvalue weighted by molar-refractivity contribution is 0.0950. The molecule has 1 aromatic carbocycles. The predicted molar refractivity (Wildman–Crippen MR) is 102 cm³/mol. The van der Waals surface area contributed by atoms with Crippen molar-refractivity contribution in [1.82, 2.24) is 19.9 Å². The van der Waals surface area contributed by atoms with Crippen molar-refractivity contribution in [3.05, 3.63) is 66.1 Å². The number of benzene rings is 1. The lowest BCUT2D eigenvalue weighted by Gasteiger charge is -2.10. The van der Waals surface area contributed by atoms with E-state index >= 15 is 0 Å². The monoisotopic (exact) mass is 368 g/mol. The number of pyridine rings is 1. The number of carbonyl (C=O) groups is 1. The van der Waals surface area contributed by atoms with Gasteiger partial charge in [0.05, 0.1) is 6.61 Å². The number of carbonyl (C=O) groups excluding carboxylic acids is 1. The Morgan fingerprint density at radius 3 is 2.73 bits per heavy atom. The van der Waals surface area contributed by atoms with Gasteiger partial charge in [-0.05, 0) is 43.5 Å². The summed E-state index contributed by atoms with van der Waals surface area (Å²) < 4.78 is 7.46. The van der Waals surface area contributed by atoms with Gasteiger partial charge < -0.3 is 10.1 Å². The second-order valence-corrected chi connectivity index (χ2v) is 6.19. The Morgan fingerprint density at radius 1 is 1.19 bits per heavy atom. The van der Waals surface area contributed by atoms with Gasteiger partial charge >= 0.3 is 0 Å². The number of imidazole rings is 1. The molecule has 2 aromatic heterocycles. The molecule has 7 heteroatoms. The van der Waals surface area contributed by atoms with Gasteiger partial charge in [0.2, 0.25) is 5.88 Å². The molecule has 1 amide bonds. The summed E-state index contributed by atoms with van der Waals surface area (Å²) in [6.07, 6.45) is 7.32. The number of amides is 1. The molecule has 0 saturated heterocycles. The molecule has 0 unspecified atom stereocenters. The molecule has 0 atom stereocenters. The van der Waals surface area contributed by atoms with E-state index in [1.54, 1.807) is 24.2 Å². The quantitative estimate of drug-likeness (QED) is 0.648. The van der Waals surface area contributed by atoms with Crippen LogP contribution in [-0.4, -0.2) is 33.3 Å². The van der Waals surface area contributed by atoms with E-state index in [1.807, 2.05) is 60.3 Å². The Bertz CT molecular complexity index is 877. The van der Waals surface area contributed by atoms with Crippen molar-refractivity contribution in [3.63, 3.8) is 0 Å². The van der Waals surface area contributed by atoms with Crippen LogP contribution >= 0.6 is 11.8 Å². The molecule has 0 fully saturated rings. The van der Waals surface area contributed by atoms with E-state index < -0.39 is 0 Å². The van der Waals surface area contributed by atoms with E-state index in [0.29, 0.717) is 24.6 Å². The number of nitrogens with zero attached hydrogens (tertiary/aromatic N) is 3. The molecule has 3 aromatic rings. The van der Waals surface area contributed by atoms with Crippen molar-refractivity contribution in [2.24, 2.45) is 0 Å². The van der Waals surface area contributed by atoms with Crippen molar-refractivity contribution < 1.29 is 9.53 Å². The van der Waals surface area contributed by atoms with Crippen LogP contribution in [0, 0.1) is 0 Å². The Labute approximate surface area is 156 Å². The average Bonchev–Trinajstić information content (AvgIpc) is 3.16. The normalized spacial score (nSPS) is 10.5. The second-order valence-electron chi connectivity index (χ2n) is 5.41. The van der Waals surface area contributed by atoms with Gasteiger partial charge in [0, 0.05) is 41.9 Å². The van der Waals surface area contributed by atoms with E-state index in [-0.39, 0.29) is 5.91 Å². The fraction of sp³-hybridized carbons (Fsp3) is 0.211. The molecule has 0 aliphatic carbocycles. The van der Waals surface area contributed by atoms with Gasteiger partial charge in [-0.1, -0.05) is 17.8 Å². The Hall–Kier alpha value is -2.80. The fourth-order valence-electron chi connectivity index (χ4n) is 2.51. The Kier molecular flexibility index (Phi) is 5.91. The van der Waals surface area contributed by atoms with Gasteiger partial charge in [0.15, 0.2) is 5.16 Å². The van der Waals surface area contributed by atoms with E-state index in [9.17, 15) is 4.79 Å². The molecule has 0 saturated carbocycles. The van der Waals surface area contributed by atoms with Crippen LogP contribution in [0.4, 0.5) is 0 Å². The number of ether oxygens (including phenoxy) is 1. The number of hydrogen-bond acceptors (Lipinski definition) is 5. The van der Waals surface area contributed by atoms with Crippen molar-refractivity contribution in [2.75, 3.05) is 12.9 Å². The maximum absolute atomic E-state index is 12.4. The smallest absolute Gasteiger partial charge is 0.251 e. The van der Waals surface area contributed by atoms with Gasteiger partial charge in [-0.25, -0.2) is 9.97 Å². The molecule has 0 aliphatic rings. The standard InChI is InChI=1S/C19H20N4O2S/c1-3-25-18-15(5-4-10-20-18)13-22-17(24)14-6-8-16(9-7-14)23-12-11-21-19(23)26-2/h4-12H,3,13H2,1-2H3,(H,22,24). The van der Waals surface area contributed by atoms with E-state index in [1.165, 1.54) is 0 Å². The summed E-state index contributed by atoms with van der Waals surface area (Å²) in [5.41, 5.74) is 2.41. The molecular weight excluding hydrogens is 348 g/mol. The third-order valence-electron chi connectivity index (χ3n) is 3.77. The molecule has 0 bridgehead atoms. The highest BCUT2D eigenvalue weighted by atomic mass is 32.2. The first-order valence-corrected chi connectivity index (χ1v) is 9.48. The molecule has 134 valence electrons. The zero-order chi connectivity index (χ0) is 18.4. The van der Waals surface area contributed by atoms with Crippen LogP contribution in [0.3, 0.4) is 0 Å². The molecule has 6 nitrogen and oxygen atoms in total. The molecular formula is C19H20N4O2S. The van der Waals surface area contributed by atoms with Crippen LogP contribution in [-0.2, 0) is 6.54 Å². The number of aromatic nitrogens is 3. The maximum Gasteiger partial charge on any atom is 0.251 e. The first-order valence-electron chi connectivity index (χ1n) is 8.25. The van der Waals surface area contributed by atoms with Crippen molar-refractivity contribution in [1.29, 1.82) is 0 Å². The molecule has 1 N–H and O–H groups in total. The minimum Gasteiger partial charge on any atom is -0.478 e. The van der Waals surface area contributed by atoms with Crippen LogP contribution < -0.4 is 10.1 Å². The SMILES string of the molecule is CCOc1ncccc1CNC(=O)c1ccc(-n2ccnc2SC)cc1. The number of nitrogens with one attached hydrogen (secondary N) is 1. The highest BCUT2D eigenvalue weighted by Gasteiger charge is 2.10. The molecule has 0 spiro atoms. The Morgan fingerprint density at radius 2 is 2.00 bits per heavy atom. The predicted octanol–water partition coefficient (Wildman–Crippen LogP) is 3.32. The largest absolute Gasteiger partial charge is 0.478 e.